The van der Waals surface area contributed by atoms with Crippen LogP contribution in [0.5, 0.6) is 0 Å². The lowest BCUT2D eigenvalue weighted by Gasteiger charge is -2.21. The van der Waals surface area contributed by atoms with E-state index < -0.39 is 57.8 Å². The molecule has 0 aliphatic heterocycles. The highest BCUT2D eigenvalue weighted by Gasteiger charge is 2.28. The lowest BCUT2D eigenvalue weighted by molar-refractivity contribution is -0.161. The van der Waals surface area contributed by atoms with E-state index in [9.17, 15) is 28.9 Å². The highest BCUT2D eigenvalue weighted by Crippen LogP contribution is 2.43. The fourth-order valence-corrected chi connectivity index (χ4v) is 8.57. The maximum Gasteiger partial charge on any atom is 0.472 e. The van der Waals surface area contributed by atoms with Gasteiger partial charge in [0.15, 0.2) is 6.10 Å². The van der Waals surface area contributed by atoms with Gasteiger partial charge >= 0.3 is 25.7 Å². The summed E-state index contributed by atoms with van der Waals surface area (Å²) in [6.45, 7) is 4.44. The van der Waals surface area contributed by atoms with Crippen LogP contribution in [-0.2, 0) is 42.2 Å². The molecule has 0 aliphatic rings. The zero-order valence-electron chi connectivity index (χ0n) is 47.0. The Morgan fingerprint density at radius 2 is 0.703 bits per heavy atom. The van der Waals surface area contributed by atoms with Crippen molar-refractivity contribution < 1.29 is 52.2 Å². The van der Waals surface area contributed by atoms with Gasteiger partial charge in [0.05, 0.1) is 19.8 Å². The second-order valence-electron chi connectivity index (χ2n) is 19.4. The smallest absolute Gasteiger partial charge is 0.462 e. The van der Waals surface area contributed by atoms with E-state index in [-0.39, 0.29) is 25.9 Å². The lowest BCUT2D eigenvalue weighted by Crippen LogP contribution is -2.30. The molecule has 12 heteroatoms. The van der Waals surface area contributed by atoms with Gasteiger partial charge in [-0.15, -0.1) is 0 Å². The normalized spacial score (nSPS) is 14.0. The second-order valence-corrected chi connectivity index (χ2v) is 20.9. The molecule has 0 spiro atoms. The Hall–Kier alpha value is -3.34. The molecule has 0 amide bonds. The summed E-state index contributed by atoms with van der Waals surface area (Å²) in [4.78, 5) is 48.6. The lowest BCUT2D eigenvalue weighted by atomic mass is 10.1. The SMILES string of the molecule is CC/C=C\C/C=C\C/C=C\C/C=C\CCCCC(=O)OCC(COP(=O)(O)OCC(CO)OC(=O)CCCCCCC/C=C\CCCCCCCC)OC(=O)CCCCCCCCC/C=C\C/C=C\CCCCC. The number of phosphoric ester groups is 1. The van der Waals surface area contributed by atoms with Gasteiger partial charge in [0.2, 0.25) is 0 Å². The molecule has 0 fully saturated rings. The molecular formula is C62H107O11P. The van der Waals surface area contributed by atoms with E-state index in [1.54, 1.807) is 0 Å². The molecule has 11 nitrogen and oxygen atoms in total. The average Bonchev–Trinajstić information content (AvgIpc) is 3.39. The van der Waals surface area contributed by atoms with Crippen molar-refractivity contribution >= 4 is 25.7 Å². The van der Waals surface area contributed by atoms with Crippen LogP contribution in [0.2, 0.25) is 0 Å². The number of carbonyl (C=O) groups excluding carboxylic acids is 3. The number of hydrogen-bond donors (Lipinski definition) is 2. The van der Waals surface area contributed by atoms with Crippen molar-refractivity contribution in [3.8, 4) is 0 Å². The van der Waals surface area contributed by atoms with Crippen LogP contribution in [0.15, 0.2) is 85.1 Å². The second kappa shape index (κ2) is 55.9. The number of unbranched alkanes of at least 4 members (excludes halogenated alkanes) is 23. The highest BCUT2D eigenvalue weighted by atomic mass is 31.2. The van der Waals surface area contributed by atoms with E-state index in [1.165, 1.54) is 77.0 Å². The number of esters is 3. The van der Waals surface area contributed by atoms with Crippen molar-refractivity contribution in [2.45, 2.75) is 264 Å². The van der Waals surface area contributed by atoms with E-state index in [1.807, 2.05) is 0 Å². The summed E-state index contributed by atoms with van der Waals surface area (Å²) in [5.41, 5.74) is 0. The van der Waals surface area contributed by atoms with E-state index >= 15 is 0 Å². The minimum Gasteiger partial charge on any atom is -0.462 e. The first-order chi connectivity index (χ1) is 36.2. The van der Waals surface area contributed by atoms with Crippen molar-refractivity contribution in [1.29, 1.82) is 0 Å². The van der Waals surface area contributed by atoms with Crippen molar-refractivity contribution in [2.75, 3.05) is 26.4 Å². The number of carbonyl (C=O) groups is 3. The first kappa shape index (κ1) is 70.7. The van der Waals surface area contributed by atoms with Crippen LogP contribution in [0.3, 0.4) is 0 Å². The molecular weight excluding hydrogens is 952 g/mol. The van der Waals surface area contributed by atoms with Gasteiger partial charge < -0.3 is 24.2 Å². The predicted octanol–water partition coefficient (Wildman–Crippen LogP) is 17.5. The number of phosphoric acid groups is 1. The number of allylic oxidation sites excluding steroid dienone is 14. The van der Waals surface area contributed by atoms with Crippen LogP contribution in [0.4, 0.5) is 0 Å². The standard InChI is InChI=1S/C62H107O11P/c1-4-7-10-13-16-19-22-25-28-29-32-35-38-41-44-47-50-53-62(66)73-59(55-69-60(64)51-48-45-42-39-36-33-30-26-23-20-17-14-11-8-5-2)57-71-74(67,68)70-56-58(54-63)72-61(65)52-49-46-43-40-37-34-31-27-24-21-18-15-12-9-6-3/h8,11,16-17,19-20,25-28,30-31,36,39,58-59,63H,4-7,9-10,12-15,18,21-24,29,32-35,37-38,40-57H2,1-3H3,(H,67,68)/b11-8-,19-16-,20-17-,28-25-,30-26-,31-27-,39-36-. The van der Waals surface area contributed by atoms with Crippen molar-refractivity contribution in [3.63, 3.8) is 0 Å². The van der Waals surface area contributed by atoms with Crippen molar-refractivity contribution in [1.82, 2.24) is 0 Å². The molecule has 0 aliphatic carbocycles. The zero-order chi connectivity index (χ0) is 54.1. The van der Waals surface area contributed by atoms with E-state index in [2.05, 4.69) is 106 Å². The third-order valence-electron chi connectivity index (χ3n) is 12.3. The Balaban J connectivity index is 4.79. The topological polar surface area (TPSA) is 155 Å². The number of hydrogen-bond acceptors (Lipinski definition) is 10. The molecule has 0 saturated carbocycles. The minimum atomic E-state index is -4.76. The summed E-state index contributed by atoms with van der Waals surface area (Å²) < 4.78 is 39.5. The Labute approximate surface area is 451 Å². The molecule has 0 rings (SSSR count). The number of aliphatic hydroxyl groups is 1. The highest BCUT2D eigenvalue weighted by molar-refractivity contribution is 7.47. The number of aliphatic hydroxyl groups excluding tert-OH is 1. The molecule has 3 unspecified atom stereocenters. The average molecular weight is 1060 g/mol. The van der Waals surface area contributed by atoms with Crippen LogP contribution in [0, 0.1) is 0 Å². The summed E-state index contributed by atoms with van der Waals surface area (Å²) in [6.07, 6.45) is 63.9. The molecule has 74 heavy (non-hydrogen) atoms. The van der Waals surface area contributed by atoms with E-state index in [0.717, 1.165) is 116 Å². The quantitative estimate of drug-likeness (QED) is 0.0197. The van der Waals surface area contributed by atoms with E-state index in [0.29, 0.717) is 19.3 Å². The van der Waals surface area contributed by atoms with E-state index in [4.69, 9.17) is 23.3 Å². The van der Waals surface area contributed by atoms with Gasteiger partial charge in [-0.1, -0.05) is 202 Å². The molecule has 3 atom stereocenters. The van der Waals surface area contributed by atoms with Crippen LogP contribution < -0.4 is 0 Å². The molecule has 0 radical (unpaired) electrons. The Morgan fingerprint density at radius 3 is 1.15 bits per heavy atom. The monoisotopic (exact) mass is 1060 g/mol. The molecule has 0 aromatic rings. The molecule has 0 heterocycles. The summed E-state index contributed by atoms with van der Waals surface area (Å²) in [6, 6.07) is 0. The largest absolute Gasteiger partial charge is 0.472 e. The molecule has 426 valence electrons. The number of ether oxygens (including phenoxy) is 3. The van der Waals surface area contributed by atoms with Gasteiger partial charge in [0.25, 0.3) is 0 Å². The molecule has 0 bridgehead atoms. The van der Waals surface area contributed by atoms with Gasteiger partial charge in [0, 0.05) is 19.3 Å². The summed E-state index contributed by atoms with van der Waals surface area (Å²) >= 11 is 0. The van der Waals surface area contributed by atoms with Gasteiger partial charge in [0.1, 0.15) is 12.7 Å². The minimum absolute atomic E-state index is 0.146. The van der Waals surface area contributed by atoms with Gasteiger partial charge in [-0.25, -0.2) is 4.57 Å². The van der Waals surface area contributed by atoms with Gasteiger partial charge in [-0.3, -0.25) is 23.4 Å². The van der Waals surface area contributed by atoms with Crippen molar-refractivity contribution in [2.24, 2.45) is 0 Å². The Bertz CT molecular complexity index is 1560. The molecule has 0 saturated heterocycles. The first-order valence-electron chi connectivity index (χ1n) is 29.5. The fourth-order valence-electron chi connectivity index (χ4n) is 7.78. The van der Waals surface area contributed by atoms with Crippen LogP contribution in [-0.4, -0.2) is 66.5 Å². The Kier molecular flexibility index (Phi) is 53.4. The van der Waals surface area contributed by atoms with Crippen LogP contribution in [0.1, 0.15) is 252 Å². The number of rotatable bonds is 54. The molecule has 0 aromatic carbocycles. The third-order valence-corrected chi connectivity index (χ3v) is 13.2. The van der Waals surface area contributed by atoms with Crippen LogP contribution in [0.25, 0.3) is 0 Å². The summed E-state index contributed by atoms with van der Waals surface area (Å²) in [5.74, 6) is -1.53. The summed E-state index contributed by atoms with van der Waals surface area (Å²) in [7, 11) is -4.76. The summed E-state index contributed by atoms with van der Waals surface area (Å²) in [5, 5.41) is 9.82. The van der Waals surface area contributed by atoms with Gasteiger partial charge in [-0.2, -0.15) is 0 Å². The maximum atomic E-state index is 12.9. The first-order valence-corrected chi connectivity index (χ1v) is 31.0. The van der Waals surface area contributed by atoms with Crippen molar-refractivity contribution in [3.05, 3.63) is 85.1 Å². The van der Waals surface area contributed by atoms with Crippen LogP contribution >= 0.6 is 7.82 Å². The fraction of sp³-hybridized carbons (Fsp3) is 0.726. The predicted molar refractivity (Wildman–Crippen MR) is 307 cm³/mol. The molecule has 2 N–H and O–H groups in total. The third kappa shape index (κ3) is 53.5. The van der Waals surface area contributed by atoms with Gasteiger partial charge in [-0.05, 0) is 116 Å². The molecule has 0 aromatic heterocycles. The Morgan fingerprint density at radius 1 is 0.392 bits per heavy atom. The maximum absolute atomic E-state index is 12.9. The zero-order valence-corrected chi connectivity index (χ0v) is 47.9.